The van der Waals surface area contributed by atoms with Crippen molar-refractivity contribution in [1.82, 2.24) is 4.90 Å². The fourth-order valence-electron chi connectivity index (χ4n) is 3.32. The molecule has 14 heavy (non-hydrogen) atoms. The maximum atomic E-state index is 5.90. The molecule has 2 rings (SSSR count). The van der Waals surface area contributed by atoms with Gasteiger partial charge in [0.2, 0.25) is 0 Å². The summed E-state index contributed by atoms with van der Waals surface area (Å²) < 4.78 is 0. The molecule has 0 aromatic heterocycles. The highest BCUT2D eigenvalue weighted by molar-refractivity contribution is 4.90. The van der Waals surface area contributed by atoms with E-state index in [2.05, 4.69) is 11.8 Å². The van der Waals surface area contributed by atoms with Crippen LogP contribution in [0.3, 0.4) is 0 Å². The maximum Gasteiger partial charge on any atom is 0.0136 e. The Morgan fingerprint density at radius 2 is 2.21 bits per heavy atom. The standard InChI is InChI=1S/C12H24N2/c1-2-10-7-11(8-13)12-5-3-4-6-14(12)9-10/h10-12H,2-9,13H2,1H3/t10?,11?,12-/m0/s1. The highest BCUT2D eigenvalue weighted by Gasteiger charge is 2.35. The second-order valence-corrected chi connectivity index (χ2v) is 5.06. The van der Waals surface area contributed by atoms with E-state index in [0.29, 0.717) is 0 Å². The first kappa shape index (κ1) is 10.4. The third-order valence-electron chi connectivity index (χ3n) is 4.22. The monoisotopic (exact) mass is 196 g/mol. The molecule has 2 aliphatic rings. The van der Waals surface area contributed by atoms with Crippen molar-refractivity contribution in [3.05, 3.63) is 0 Å². The molecule has 0 aliphatic carbocycles. The van der Waals surface area contributed by atoms with Crippen molar-refractivity contribution in [2.45, 2.75) is 45.1 Å². The van der Waals surface area contributed by atoms with Crippen LogP contribution >= 0.6 is 0 Å². The Kier molecular flexibility index (Phi) is 3.45. The molecule has 0 amide bonds. The normalized spacial score (nSPS) is 39.4. The summed E-state index contributed by atoms with van der Waals surface area (Å²) in [6.45, 7) is 5.90. The zero-order chi connectivity index (χ0) is 9.97. The third kappa shape index (κ3) is 1.96. The molecule has 2 heteroatoms. The summed E-state index contributed by atoms with van der Waals surface area (Å²) in [6.07, 6.45) is 6.95. The predicted molar refractivity (Wildman–Crippen MR) is 60.2 cm³/mol. The molecule has 0 radical (unpaired) electrons. The van der Waals surface area contributed by atoms with Crippen molar-refractivity contribution in [3.63, 3.8) is 0 Å². The average molecular weight is 196 g/mol. The van der Waals surface area contributed by atoms with Crippen LogP contribution in [-0.2, 0) is 0 Å². The number of piperidine rings is 2. The summed E-state index contributed by atoms with van der Waals surface area (Å²) in [5.74, 6) is 1.70. The van der Waals surface area contributed by atoms with Crippen molar-refractivity contribution in [3.8, 4) is 0 Å². The van der Waals surface area contributed by atoms with Crippen molar-refractivity contribution >= 4 is 0 Å². The van der Waals surface area contributed by atoms with E-state index < -0.39 is 0 Å². The molecule has 0 bridgehead atoms. The van der Waals surface area contributed by atoms with E-state index in [1.165, 1.54) is 45.2 Å². The lowest BCUT2D eigenvalue weighted by molar-refractivity contribution is 0.0301. The third-order valence-corrected chi connectivity index (χ3v) is 4.22. The Morgan fingerprint density at radius 3 is 2.93 bits per heavy atom. The van der Waals surface area contributed by atoms with Gasteiger partial charge in [-0.2, -0.15) is 0 Å². The Labute approximate surface area is 87.8 Å². The van der Waals surface area contributed by atoms with Gasteiger partial charge in [-0.3, -0.25) is 4.90 Å². The number of hydrogen-bond donors (Lipinski definition) is 1. The van der Waals surface area contributed by atoms with Gasteiger partial charge in [0.25, 0.3) is 0 Å². The molecule has 2 heterocycles. The summed E-state index contributed by atoms with van der Waals surface area (Å²) in [4.78, 5) is 2.72. The Morgan fingerprint density at radius 1 is 1.36 bits per heavy atom. The molecule has 82 valence electrons. The number of fused-ring (bicyclic) bond motifs is 1. The van der Waals surface area contributed by atoms with Crippen LogP contribution in [0.2, 0.25) is 0 Å². The minimum Gasteiger partial charge on any atom is -0.330 e. The van der Waals surface area contributed by atoms with Crippen LogP contribution in [0.25, 0.3) is 0 Å². The quantitative estimate of drug-likeness (QED) is 0.730. The van der Waals surface area contributed by atoms with E-state index in [4.69, 9.17) is 5.73 Å². The lowest BCUT2D eigenvalue weighted by Crippen LogP contribution is -2.52. The van der Waals surface area contributed by atoms with E-state index in [0.717, 1.165) is 24.4 Å². The zero-order valence-electron chi connectivity index (χ0n) is 9.41. The molecular formula is C12H24N2. The first-order valence-corrected chi connectivity index (χ1v) is 6.29. The fraction of sp³-hybridized carbons (Fsp3) is 1.00. The van der Waals surface area contributed by atoms with Gasteiger partial charge >= 0.3 is 0 Å². The molecule has 3 atom stereocenters. The van der Waals surface area contributed by atoms with Gasteiger partial charge in [0, 0.05) is 12.6 Å². The zero-order valence-corrected chi connectivity index (χ0v) is 9.41. The topological polar surface area (TPSA) is 29.3 Å². The second kappa shape index (κ2) is 4.63. The lowest BCUT2D eigenvalue weighted by atomic mass is 9.78. The fourth-order valence-corrected chi connectivity index (χ4v) is 3.32. The van der Waals surface area contributed by atoms with Gasteiger partial charge in [-0.15, -0.1) is 0 Å². The molecule has 2 unspecified atom stereocenters. The summed E-state index contributed by atoms with van der Waals surface area (Å²) in [5, 5.41) is 0. The highest BCUT2D eigenvalue weighted by Crippen LogP contribution is 2.33. The van der Waals surface area contributed by atoms with Crippen molar-refractivity contribution in [2.75, 3.05) is 19.6 Å². The maximum absolute atomic E-state index is 5.90. The van der Waals surface area contributed by atoms with Crippen LogP contribution in [-0.4, -0.2) is 30.6 Å². The second-order valence-electron chi connectivity index (χ2n) is 5.06. The summed E-state index contributed by atoms with van der Waals surface area (Å²) in [6, 6.07) is 0.830. The van der Waals surface area contributed by atoms with Gasteiger partial charge < -0.3 is 5.73 Å². The van der Waals surface area contributed by atoms with E-state index in [9.17, 15) is 0 Å². The largest absolute Gasteiger partial charge is 0.330 e. The molecule has 2 fully saturated rings. The first-order chi connectivity index (χ1) is 6.85. The summed E-state index contributed by atoms with van der Waals surface area (Å²) in [5.41, 5.74) is 5.90. The van der Waals surface area contributed by atoms with Gasteiger partial charge in [0.05, 0.1) is 0 Å². The Hall–Kier alpha value is -0.0800. The predicted octanol–water partition coefficient (Wildman–Crippen LogP) is 1.85. The Balaban J connectivity index is 2.01. The molecule has 2 N–H and O–H groups in total. The van der Waals surface area contributed by atoms with E-state index in [1.807, 2.05) is 0 Å². The molecule has 0 spiro atoms. The van der Waals surface area contributed by atoms with Crippen molar-refractivity contribution < 1.29 is 0 Å². The van der Waals surface area contributed by atoms with Crippen LogP contribution in [0.5, 0.6) is 0 Å². The molecule has 0 aromatic carbocycles. The highest BCUT2D eigenvalue weighted by atomic mass is 15.2. The number of nitrogens with two attached hydrogens (primary N) is 1. The van der Waals surface area contributed by atoms with Crippen LogP contribution in [0.15, 0.2) is 0 Å². The van der Waals surface area contributed by atoms with Crippen LogP contribution in [0, 0.1) is 11.8 Å². The van der Waals surface area contributed by atoms with E-state index >= 15 is 0 Å². The summed E-state index contributed by atoms with van der Waals surface area (Å²) in [7, 11) is 0. The molecule has 2 nitrogen and oxygen atoms in total. The lowest BCUT2D eigenvalue weighted by Gasteiger charge is -2.47. The summed E-state index contributed by atoms with van der Waals surface area (Å²) >= 11 is 0. The van der Waals surface area contributed by atoms with Crippen molar-refractivity contribution in [2.24, 2.45) is 17.6 Å². The van der Waals surface area contributed by atoms with E-state index in [-0.39, 0.29) is 0 Å². The first-order valence-electron chi connectivity index (χ1n) is 6.29. The number of rotatable bonds is 2. The van der Waals surface area contributed by atoms with Crippen molar-refractivity contribution in [1.29, 1.82) is 0 Å². The molecule has 0 aromatic rings. The minimum absolute atomic E-state index is 0.786. The molecule has 2 aliphatic heterocycles. The van der Waals surface area contributed by atoms with Gasteiger partial charge in [0.1, 0.15) is 0 Å². The number of hydrogen-bond acceptors (Lipinski definition) is 2. The smallest absolute Gasteiger partial charge is 0.0136 e. The minimum atomic E-state index is 0.786. The Bertz CT molecular complexity index is 173. The molecular weight excluding hydrogens is 172 g/mol. The van der Waals surface area contributed by atoms with Gasteiger partial charge in [-0.05, 0) is 44.2 Å². The molecule has 0 saturated carbocycles. The van der Waals surface area contributed by atoms with Gasteiger partial charge in [-0.25, -0.2) is 0 Å². The van der Waals surface area contributed by atoms with E-state index in [1.54, 1.807) is 0 Å². The van der Waals surface area contributed by atoms with Crippen LogP contribution < -0.4 is 5.73 Å². The van der Waals surface area contributed by atoms with Crippen LogP contribution in [0.1, 0.15) is 39.0 Å². The number of nitrogens with zero attached hydrogens (tertiary/aromatic N) is 1. The average Bonchev–Trinajstić information content (AvgIpc) is 2.27. The molecule has 2 saturated heterocycles. The van der Waals surface area contributed by atoms with Crippen LogP contribution in [0.4, 0.5) is 0 Å². The SMILES string of the molecule is CCC1CC(CN)[C@@H]2CCCCN2C1. The van der Waals surface area contributed by atoms with Gasteiger partial charge in [-0.1, -0.05) is 19.8 Å². The van der Waals surface area contributed by atoms with Gasteiger partial charge in [0.15, 0.2) is 0 Å².